The molecule has 30 heavy (non-hydrogen) atoms. The largest absolute Gasteiger partial charge is 0.455 e. The molecule has 3 aliphatic rings. The number of esters is 1. The van der Waals surface area contributed by atoms with Crippen LogP contribution >= 0.6 is 39.5 Å². The maximum Gasteiger partial charge on any atom is 0.309 e. The van der Waals surface area contributed by atoms with Gasteiger partial charge >= 0.3 is 5.97 Å². The van der Waals surface area contributed by atoms with E-state index in [0.717, 1.165) is 17.3 Å². The molecule has 3 atom stereocenters. The molecule has 2 saturated carbocycles. The smallest absolute Gasteiger partial charge is 0.309 e. The van der Waals surface area contributed by atoms with Gasteiger partial charge in [-0.15, -0.1) is 23.5 Å². The molecule has 3 fully saturated rings. The Labute approximate surface area is 193 Å². The summed E-state index contributed by atoms with van der Waals surface area (Å²) in [7, 11) is 0. The molecule has 1 unspecified atom stereocenters. The van der Waals surface area contributed by atoms with Crippen LogP contribution in [0.25, 0.3) is 0 Å². The minimum atomic E-state index is -0.553. The molecule has 0 aromatic heterocycles. The highest BCUT2D eigenvalue weighted by Gasteiger charge is 2.55. The summed E-state index contributed by atoms with van der Waals surface area (Å²) in [6, 6.07) is 6.76. The number of thioether (sulfide) groups is 2. The predicted molar refractivity (Wildman–Crippen MR) is 122 cm³/mol. The van der Waals surface area contributed by atoms with Gasteiger partial charge < -0.3 is 4.74 Å². The highest BCUT2D eigenvalue weighted by molar-refractivity contribution is 9.10. The summed E-state index contributed by atoms with van der Waals surface area (Å²) in [4.78, 5) is 36.7. The van der Waals surface area contributed by atoms with Crippen molar-refractivity contribution in [1.29, 1.82) is 0 Å². The molecule has 1 saturated heterocycles. The second kappa shape index (κ2) is 9.53. The fourth-order valence-electron chi connectivity index (χ4n) is 4.89. The third-order valence-corrected chi connectivity index (χ3v) is 10.8. The number of amides is 2. The van der Waals surface area contributed by atoms with Gasteiger partial charge in [0.2, 0.25) is 0 Å². The van der Waals surface area contributed by atoms with E-state index < -0.39 is 11.8 Å². The number of carbonyl (C=O) groups excluding carboxylic acids is 3. The van der Waals surface area contributed by atoms with Crippen molar-refractivity contribution in [2.24, 2.45) is 17.8 Å². The molecule has 2 N–H and O–H groups in total. The lowest BCUT2D eigenvalue weighted by atomic mass is 9.67. The van der Waals surface area contributed by atoms with Gasteiger partial charge in [0.05, 0.1) is 10.00 Å². The number of rotatable bonds is 4. The molecule has 162 valence electrons. The van der Waals surface area contributed by atoms with Crippen LogP contribution in [0.4, 0.5) is 0 Å². The van der Waals surface area contributed by atoms with Crippen LogP contribution < -0.4 is 10.9 Å². The van der Waals surface area contributed by atoms with Crippen molar-refractivity contribution in [3.8, 4) is 0 Å². The van der Waals surface area contributed by atoms with Crippen molar-refractivity contribution < 1.29 is 19.1 Å². The topological polar surface area (TPSA) is 84.5 Å². The van der Waals surface area contributed by atoms with E-state index >= 15 is 0 Å². The summed E-state index contributed by atoms with van der Waals surface area (Å²) in [5.74, 6) is 2.13. The van der Waals surface area contributed by atoms with Crippen molar-refractivity contribution >= 4 is 57.2 Å². The Morgan fingerprint density at radius 2 is 1.67 bits per heavy atom. The third-order valence-electron chi connectivity index (χ3n) is 6.22. The molecule has 1 spiro atoms. The van der Waals surface area contributed by atoms with Gasteiger partial charge in [0.15, 0.2) is 6.61 Å². The van der Waals surface area contributed by atoms with Crippen LogP contribution in [0.15, 0.2) is 28.7 Å². The molecule has 2 bridgehead atoms. The van der Waals surface area contributed by atoms with Crippen molar-refractivity contribution in [1.82, 2.24) is 10.9 Å². The molecule has 9 heteroatoms. The number of ether oxygens (including phenoxy) is 1. The Hall–Kier alpha value is -1.19. The standard InChI is InChI=1S/C21H25BrN2O4S2/c22-17-6-4-13(5-7-17)19(26)24-23-18(25)12-28-20(27)14-10-15-2-1-3-16(11-14)21(15)29-8-9-30-21/h4-7,14-16H,1-3,8-12H2,(H,23,25)(H,24,26)/t14?,15-,16+. The fraction of sp³-hybridized carbons (Fsp3) is 0.571. The zero-order chi connectivity index (χ0) is 21.1. The van der Waals surface area contributed by atoms with Gasteiger partial charge in [0.25, 0.3) is 11.8 Å². The highest BCUT2D eigenvalue weighted by Crippen LogP contribution is 2.64. The van der Waals surface area contributed by atoms with Crippen LogP contribution in [0.2, 0.25) is 0 Å². The molecule has 1 heterocycles. The van der Waals surface area contributed by atoms with Gasteiger partial charge in [-0.1, -0.05) is 22.4 Å². The van der Waals surface area contributed by atoms with Crippen molar-refractivity contribution in [3.05, 3.63) is 34.3 Å². The fourth-order valence-corrected chi connectivity index (χ4v) is 9.09. The number of hydrogen-bond donors (Lipinski definition) is 2. The summed E-state index contributed by atoms with van der Waals surface area (Å²) < 4.78 is 6.46. The lowest BCUT2D eigenvalue weighted by Crippen LogP contribution is -2.48. The molecule has 1 aromatic carbocycles. The Morgan fingerprint density at radius 1 is 1.03 bits per heavy atom. The second-order valence-electron chi connectivity index (χ2n) is 8.03. The van der Waals surface area contributed by atoms with Gasteiger partial charge in [0.1, 0.15) is 0 Å². The lowest BCUT2D eigenvalue weighted by Gasteiger charge is -2.51. The van der Waals surface area contributed by atoms with E-state index in [-0.39, 0.29) is 18.5 Å². The van der Waals surface area contributed by atoms with E-state index in [4.69, 9.17) is 4.74 Å². The van der Waals surface area contributed by atoms with Crippen LogP contribution in [-0.4, -0.2) is 40.0 Å². The maximum absolute atomic E-state index is 12.6. The average molecular weight is 513 g/mol. The first-order chi connectivity index (χ1) is 14.5. The van der Waals surface area contributed by atoms with E-state index in [0.29, 0.717) is 21.5 Å². The van der Waals surface area contributed by atoms with E-state index in [1.54, 1.807) is 24.3 Å². The second-order valence-corrected chi connectivity index (χ2v) is 11.9. The van der Waals surface area contributed by atoms with Crippen LogP contribution in [0.5, 0.6) is 0 Å². The van der Waals surface area contributed by atoms with Gasteiger partial charge in [-0.05, 0) is 61.8 Å². The number of hydrazine groups is 1. The highest BCUT2D eigenvalue weighted by atomic mass is 79.9. The van der Waals surface area contributed by atoms with Crippen LogP contribution in [-0.2, 0) is 14.3 Å². The number of hydrogen-bond acceptors (Lipinski definition) is 6. The molecular weight excluding hydrogens is 488 g/mol. The van der Waals surface area contributed by atoms with Crippen molar-refractivity contribution in [2.45, 2.75) is 36.2 Å². The van der Waals surface area contributed by atoms with E-state index in [2.05, 4.69) is 50.3 Å². The summed E-state index contributed by atoms with van der Waals surface area (Å²) in [6.07, 6.45) is 5.33. The molecule has 1 aliphatic heterocycles. The van der Waals surface area contributed by atoms with Gasteiger partial charge in [0, 0.05) is 21.5 Å². The summed E-state index contributed by atoms with van der Waals surface area (Å²) in [6.45, 7) is -0.389. The molecule has 1 aromatic rings. The normalized spacial score (nSPS) is 26.8. The van der Waals surface area contributed by atoms with Crippen LogP contribution in [0.1, 0.15) is 42.5 Å². The first kappa shape index (κ1) is 22.0. The van der Waals surface area contributed by atoms with E-state index in [1.165, 1.54) is 30.8 Å². The quantitative estimate of drug-likeness (QED) is 0.471. The number of carbonyl (C=O) groups is 3. The average Bonchev–Trinajstić information content (AvgIpc) is 3.20. The predicted octanol–water partition coefficient (Wildman–Crippen LogP) is 3.76. The molecule has 2 amide bonds. The lowest BCUT2D eigenvalue weighted by molar-refractivity contribution is -0.155. The Bertz CT molecular complexity index is 798. The molecule has 4 rings (SSSR count). The third kappa shape index (κ3) is 4.67. The van der Waals surface area contributed by atoms with Crippen LogP contribution in [0.3, 0.4) is 0 Å². The van der Waals surface area contributed by atoms with Gasteiger partial charge in [-0.2, -0.15) is 0 Å². The maximum atomic E-state index is 12.6. The summed E-state index contributed by atoms with van der Waals surface area (Å²) in [5.41, 5.74) is 5.05. The van der Waals surface area contributed by atoms with E-state index in [9.17, 15) is 14.4 Å². The minimum Gasteiger partial charge on any atom is -0.455 e. The molecule has 0 radical (unpaired) electrons. The Kier molecular flexibility index (Phi) is 6.99. The first-order valence-electron chi connectivity index (χ1n) is 10.3. The summed E-state index contributed by atoms with van der Waals surface area (Å²) in [5, 5.41) is 0. The van der Waals surface area contributed by atoms with Crippen LogP contribution in [0, 0.1) is 17.8 Å². The first-order valence-corrected chi connectivity index (χ1v) is 13.0. The Balaban J connectivity index is 1.23. The van der Waals surface area contributed by atoms with Gasteiger partial charge in [-0.3, -0.25) is 25.2 Å². The SMILES string of the molecule is O=C(COC(=O)C1C[C@H]2CCC[C@@H](C1)C21SCCS1)NNC(=O)c1ccc(Br)cc1. The minimum absolute atomic E-state index is 0.127. The van der Waals surface area contributed by atoms with E-state index in [1.807, 2.05) is 0 Å². The Morgan fingerprint density at radius 3 is 2.30 bits per heavy atom. The number of halogens is 1. The van der Waals surface area contributed by atoms with Crippen molar-refractivity contribution in [2.75, 3.05) is 18.1 Å². The van der Waals surface area contributed by atoms with Gasteiger partial charge in [-0.25, -0.2) is 0 Å². The zero-order valence-corrected chi connectivity index (χ0v) is 19.7. The monoisotopic (exact) mass is 512 g/mol. The molecule has 6 nitrogen and oxygen atoms in total. The molecular formula is C21H25BrN2O4S2. The molecule has 2 aliphatic carbocycles. The summed E-state index contributed by atoms with van der Waals surface area (Å²) >= 11 is 7.51. The zero-order valence-electron chi connectivity index (χ0n) is 16.5. The number of nitrogens with one attached hydrogen (secondary N) is 2. The number of benzene rings is 1. The van der Waals surface area contributed by atoms with Crippen molar-refractivity contribution in [3.63, 3.8) is 0 Å².